The van der Waals surface area contributed by atoms with Crippen LogP contribution in [0.5, 0.6) is 17.2 Å². The molecule has 0 aliphatic carbocycles. The Balaban J connectivity index is 1.56. The van der Waals surface area contributed by atoms with Crippen molar-refractivity contribution in [1.29, 1.82) is 0 Å². The Morgan fingerprint density at radius 1 is 1.09 bits per heavy atom. The second kappa shape index (κ2) is 8.70. The summed E-state index contributed by atoms with van der Waals surface area (Å²) in [6.07, 6.45) is 0. The van der Waals surface area contributed by atoms with Gasteiger partial charge in [0.1, 0.15) is 11.4 Å². The lowest BCUT2D eigenvalue weighted by Gasteiger charge is -2.12. The van der Waals surface area contributed by atoms with E-state index in [0.717, 1.165) is 5.56 Å². The number of nitro benzene ring substituents is 1. The Bertz CT molecular complexity index is 1440. The number of anilines is 1. The maximum Gasteiger partial charge on any atom is 0.296 e. The largest absolute Gasteiger partial charge is 0.494 e. The molecule has 4 aromatic rings. The van der Waals surface area contributed by atoms with Crippen LogP contribution in [0.1, 0.15) is 17.3 Å². The smallest absolute Gasteiger partial charge is 0.296 e. The maximum atomic E-state index is 13.3. The summed E-state index contributed by atoms with van der Waals surface area (Å²) in [4.78, 5) is 29.1. The highest BCUT2D eigenvalue weighted by atomic mass is 16.7. The fourth-order valence-corrected chi connectivity index (χ4v) is 3.78. The zero-order chi connectivity index (χ0) is 23.7. The van der Waals surface area contributed by atoms with Crippen LogP contribution in [0.3, 0.4) is 0 Å². The Kier molecular flexibility index (Phi) is 5.43. The lowest BCUT2D eigenvalue weighted by molar-refractivity contribution is -0.384. The van der Waals surface area contributed by atoms with Gasteiger partial charge in [-0.1, -0.05) is 18.2 Å². The number of nitro groups is 1. The molecule has 34 heavy (non-hydrogen) atoms. The molecule has 9 nitrogen and oxygen atoms in total. The van der Waals surface area contributed by atoms with E-state index in [2.05, 4.69) is 5.32 Å². The van der Waals surface area contributed by atoms with Crippen LogP contribution in [0.4, 0.5) is 11.4 Å². The van der Waals surface area contributed by atoms with Gasteiger partial charge in [-0.15, -0.1) is 0 Å². The maximum absolute atomic E-state index is 13.3. The quantitative estimate of drug-likeness (QED) is 0.313. The number of nitrogens with one attached hydrogen (secondary N) is 1. The minimum Gasteiger partial charge on any atom is -0.494 e. The number of rotatable bonds is 6. The van der Waals surface area contributed by atoms with E-state index in [1.807, 2.05) is 18.2 Å². The van der Waals surface area contributed by atoms with E-state index in [1.165, 1.54) is 12.1 Å². The number of carbonyl (C=O) groups excluding carboxylic acids is 1. The number of hydrogen-bond donors (Lipinski definition) is 1. The van der Waals surface area contributed by atoms with Gasteiger partial charge >= 0.3 is 0 Å². The van der Waals surface area contributed by atoms with Crippen LogP contribution in [0, 0.1) is 10.1 Å². The second-order valence-electron chi connectivity index (χ2n) is 7.46. The summed E-state index contributed by atoms with van der Waals surface area (Å²) in [7, 11) is 0. The van der Waals surface area contributed by atoms with E-state index in [9.17, 15) is 14.9 Å². The lowest BCUT2D eigenvalue weighted by Crippen LogP contribution is -2.14. The molecule has 0 radical (unpaired) electrons. The molecule has 0 atom stereocenters. The fourth-order valence-electron chi connectivity index (χ4n) is 3.78. The summed E-state index contributed by atoms with van der Waals surface area (Å²) in [5, 5.41) is 14.9. The van der Waals surface area contributed by atoms with E-state index in [1.54, 1.807) is 43.3 Å². The third-order valence-corrected chi connectivity index (χ3v) is 5.35. The summed E-state index contributed by atoms with van der Waals surface area (Å²) < 4.78 is 16.2. The van der Waals surface area contributed by atoms with E-state index in [-0.39, 0.29) is 18.2 Å². The molecule has 0 saturated carbocycles. The predicted molar refractivity (Wildman–Crippen MR) is 126 cm³/mol. The highest BCUT2D eigenvalue weighted by Gasteiger charge is 2.21. The summed E-state index contributed by atoms with van der Waals surface area (Å²) >= 11 is 0. The molecule has 0 fully saturated rings. The van der Waals surface area contributed by atoms with Crippen molar-refractivity contribution < 1.29 is 23.9 Å². The number of amides is 1. The first-order valence-electron chi connectivity index (χ1n) is 10.6. The van der Waals surface area contributed by atoms with Gasteiger partial charge in [-0.25, -0.2) is 4.98 Å². The number of pyridine rings is 1. The molecule has 1 aliphatic rings. The number of ether oxygens (including phenoxy) is 3. The van der Waals surface area contributed by atoms with E-state index >= 15 is 0 Å². The SMILES string of the molecule is CCOc1ccc(NC(=O)c2cc(-c3ccc4c(c3)OCO4)nc3ccccc23)c([N+](=O)[O-])c1. The molecule has 1 aliphatic heterocycles. The molecule has 5 rings (SSSR count). The van der Waals surface area contributed by atoms with Gasteiger partial charge in [0.05, 0.1) is 34.4 Å². The van der Waals surface area contributed by atoms with E-state index in [0.29, 0.717) is 46.0 Å². The van der Waals surface area contributed by atoms with E-state index < -0.39 is 10.8 Å². The number of carbonyl (C=O) groups is 1. The van der Waals surface area contributed by atoms with Crippen molar-refractivity contribution in [2.45, 2.75) is 6.92 Å². The first-order valence-corrected chi connectivity index (χ1v) is 10.6. The van der Waals surface area contributed by atoms with Gasteiger partial charge in [-0.3, -0.25) is 14.9 Å². The Labute approximate surface area is 194 Å². The van der Waals surface area contributed by atoms with E-state index in [4.69, 9.17) is 19.2 Å². The lowest BCUT2D eigenvalue weighted by atomic mass is 10.0. The van der Waals surface area contributed by atoms with Crippen molar-refractivity contribution in [2.24, 2.45) is 0 Å². The standard InChI is InChI=1S/C25H19N3O6/c1-2-32-16-8-9-20(22(12-16)28(30)31)27-25(29)18-13-21(26-19-6-4-3-5-17(18)19)15-7-10-23-24(11-15)34-14-33-23/h3-13H,2,14H2,1H3,(H,27,29). The van der Waals surface area contributed by atoms with Crippen LogP contribution in [0.15, 0.2) is 66.7 Å². The summed E-state index contributed by atoms with van der Waals surface area (Å²) in [6.45, 7) is 2.31. The summed E-state index contributed by atoms with van der Waals surface area (Å²) in [6, 6.07) is 18.7. The molecule has 0 saturated heterocycles. The molecule has 0 unspecified atom stereocenters. The van der Waals surface area contributed by atoms with Crippen LogP contribution >= 0.6 is 0 Å². The minimum absolute atomic E-state index is 0.0731. The fraction of sp³-hybridized carbons (Fsp3) is 0.120. The zero-order valence-corrected chi connectivity index (χ0v) is 18.1. The average molecular weight is 457 g/mol. The van der Waals surface area contributed by atoms with Gasteiger partial charge in [0.2, 0.25) is 6.79 Å². The molecule has 1 amide bonds. The van der Waals surface area contributed by atoms with Crippen LogP contribution in [-0.2, 0) is 0 Å². The van der Waals surface area contributed by atoms with Crippen molar-refractivity contribution in [2.75, 3.05) is 18.7 Å². The van der Waals surface area contributed by atoms with Gasteiger partial charge in [-0.2, -0.15) is 0 Å². The molecule has 0 bridgehead atoms. The van der Waals surface area contributed by atoms with Crippen molar-refractivity contribution in [3.63, 3.8) is 0 Å². The highest BCUT2D eigenvalue weighted by Crippen LogP contribution is 2.36. The Hall–Kier alpha value is -4.66. The molecule has 0 spiro atoms. The molecule has 170 valence electrons. The van der Waals surface area contributed by atoms with Gasteiger partial charge in [-0.05, 0) is 49.4 Å². The Morgan fingerprint density at radius 3 is 2.74 bits per heavy atom. The number of hydrogen-bond acceptors (Lipinski definition) is 7. The van der Waals surface area contributed by atoms with Crippen LogP contribution in [-0.4, -0.2) is 29.2 Å². The monoisotopic (exact) mass is 457 g/mol. The molecule has 2 heterocycles. The number of nitrogens with zero attached hydrogens (tertiary/aromatic N) is 2. The zero-order valence-electron chi connectivity index (χ0n) is 18.1. The predicted octanol–water partition coefficient (Wildman–Crippen LogP) is 5.19. The van der Waals surface area contributed by atoms with Crippen LogP contribution < -0.4 is 19.5 Å². The van der Waals surface area contributed by atoms with Gasteiger partial charge in [0, 0.05) is 10.9 Å². The number of fused-ring (bicyclic) bond motifs is 2. The van der Waals surface area contributed by atoms with Gasteiger partial charge in [0.25, 0.3) is 11.6 Å². The third kappa shape index (κ3) is 3.95. The van der Waals surface area contributed by atoms with Crippen molar-refractivity contribution >= 4 is 28.2 Å². The summed E-state index contributed by atoms with van der Waals surface area (Å²) in [5.74, 6) is 1.10. The first kappa shape index (κ1) is 21.2. The third-order valence-electron chi connectivity index (χ3n) is 5.35. The topological polar surface area (TPSA) is 113 Å². The van der Waals surface area contributed by atoms with Crippen molar-refractivity contribution in [3.05, 3.63) is 82.4 Å². The number of aromatic nitrogens is 1. The normalized spacial score (nSPS) is 11.9. The van der Waals surface area contributed by atoms with Crippen LogP contribution in [0.2, 0.25) is 0 Å². The van der Waals surface area contributed by atoms with Gasteiger partial charge < -0.3 is 19.5 Å². The first-order chi connectivity index (χ1) is 16.5. The summed E-state index contributed by atoms with van der Waals surface area (Å²) in [5.41, 5.74) is 2.07. The van der Waals surface area contributed by atoms with Crippen LogP contribution in [0.25, 0.3) is 22.2 Å². The molecule has 9 heteroatoms. The average Bonchev–Trinajstić information content (AvgIpc) is 3.32. The van der Waals surface area contributed by atoms with Crippen molar-refractivity contribution in [1.82, 2.24) is 4.98 Å². The molecule has 3 aromatic carbocycles. The number of benzene rings is 3. The molecular formula is C25H19N3O6. The number of para-hydroxylation sites is 1. The minimum atomic E-state index is -0.555. The second-order valence-corrected chi connectivity index (χ2v) is 7.46. The van der Waals surface area contributed by atoms with Crippen molar-refractivity contribution in [3.8, 4) is 28.5 Å². The molecule has 1 N–H and O–H groups in total. The molecule has 1 aromatic heterocycles. The molecular weight excluding hydrogens is 438 g/mol. The van der Waals surface area contributed by atoms with Gasteiger partial charge in [0.15, 0.2) is 11.5 Å². The Morgan fingerprint density at radius 2 is 1.91 bits per heavy atom. The highest BCUT2D eigenvalue weighted by molar-refractivity contribution is 6.13.